The summed E-state index contributed by atoms with van der Waals surface area (Å²) in [6.45, 7) is 1.48. The number of ketones is 2. The van der Waals surface area contributed by atoms with Crippen molar-refractivity contribution in [1.82, 2.24) is 0 Å². The Balaban J connectivity index is 2.24. The molecular weight excluding hydrogens is 352 g/mol. The van der Waals surface area contributed by atoms with E-state index in [9.17, 15) is 14.4 Å². The van der Waals surface area contributed by atoms with Crippen LogP contribution in [0.25, 0.3) is 6.08 Å². The van der Waals surface area contributed by atoms with Gasteiger partial charge in [0.05, 0.1) is 7.11 Å². The second kappa shape index (κ2) is 6.70. The molecule has 1 atom stereocenters. The molecule has 0 spiro atoms. The van der Waals surface area contributed by atoms with E-state index in [-0.39, 0.29) is 5.76 Å². The van der Waals surface area contributed by atoms with Crippen LogP contribution in [0.15, 0.2) is 40.6 Å². The largest absolute Gasteiger partial charge is 0.496 e. The van der Waals surface area contributed by atoms with E-state index in [0.717, 1.165) is 10.5 Å². The van der Waals surface area contributed by atoms with E-state index in [1.165, 1.54) is 26.2 Å². The predicted octanol–water partition coefficient (Wildman–Crippen LogP) is 2.69. The van der Waals surface area contributed by atoms with E-state index in [0.29, 0.717) is 11.3 Å². The van der Waals surface area contributed by atoms with Gasteiger partial charge in [-0.05, 0) is 37.3 Å². The third-order valence-corrected chi connectivity index (χ3v) is 3.52. The molecule has 0 N–H and O–H groups in total. The molecular formula is C16H13BrO5. The first kappa shape index (κ1) is 16.2. The van der Waals surface area contributed by atoms with Crippen LogP contribution in [0, 0.1) is 5.92 Å². The molecule has 0 aromatic heterocycles. The molecule has 0 radical (unpaired) electrons. The van der Waals surface area contributed by atoms with Crippen LogP contribution in [0.4, 0.5) is 0 Å². The lowest BCUT2D eigenvalue weighted by Gasteiger charge is -2.15. The van der Waals surface area contributed by atoms with Crippen LogP contribution < -0.4 is 4.74 Å². The van der Waals surface area contributed by atoms with Crippen LogP contribution in [0.1, 0.15) is 12.5 Å². The quantitative estimate of drug-likeness (QED) is 0.466. The molecule has 5 nitrogen and oxygen atoms in total. The summed E-state index contributed by atoms with van der Waals surface area (Å²) in [4.78, 5) is 35.5. The van der Waals surface area contributed by atoms with Crippen LogP contribution in [-0.2, 0) is 19.1 Å². The van der Waals surface area contributed by atoms with Crippen molar-refractivity contribution in [2.24, 2.45) is 5.92 Å². The van der Waals surface area contributed by atoms with E-state index in [1.54, 1.807) is 18.2 Å². The number of carbonyl (C=O) groups excluding carboxylic acids is 3. The van der Waals surface area contributed by atoms with Crippen molar-refractivity contribution in [3.63, 3.8) is 0 Å². The van der Waals surface area contributed by atoms with Gasteiger partial charge in [0, 0.05) is 16.1 Å². The molecule has 22 heavy (non-hydrogen) atoms. The van der Waals surface area contributed by atoms with Crippen molar-refractivity contribution in [2.45, 2.75) is 6.92 Å². The Hall–Kier alpha value is -2.21. The van der Waals surface area contributed by atoms with Crippen molar-refractivity contribution in [3.05, 3.63) is 46.1 Å². The maximum atomic E-state index is 12.1. The molecule has 0 aliphatic carbocycles. The highest BCUT2D eigenvalue weighted by molar-refractivity contribution is 9.10. The molecule has 0 fully saturated rings. The summed E-state index contributed by atoms with van der Waals surface area (Å²) >= 11 is 3.32. The number of methoxy groups -OCH3 is 1. The van der Waals surface area contributed by atoms with Gasteiger partial charge in [0.25, 0.3) is 0 Å². The Bertz CT molecular complexity index is 702. The molecule has 0 bridgehead atoms. The Kier molecular flexibility index (Phi) is 4.92. The first-order valence-electron chi connectivity index (χ1n) is 6.41. The summed E-state index contributed by atoms with van der Waals surface area (Å²) in [6.07, 6.45) is 3.83. The smallest absolute Gasteiger partial charge is 0.329 e. The molecule has 6 heteroatoms. The standard InChI is InChI=1S/C16H13BrO5/c1-9-7-13(19)15(16(20)22-9)12(18)5-3-10-8-11(17)4-6-14(10)21-2/h3-8,15H,1-2H3/b5-3+. The number of benzene rings is 1. The van der Waals surface area contributed by atoms with E-state index in [4.69, 9.17) is 9.47 Å². The summed E-state index contributed by atoms with van der Waals surface area (Å²) in [5.74, 6) is -2.71. The van der Waals surface area contributed by atoms with E-state index in [1.807, 2.05) is 0 Å². The molecule has 114 valence electrons. The fourth-order valence-corrected chi connectivity index (χ4v) is 2.39. The molecule has 1 aromatic rings. The Morgan fingerprint density at radius 3 is 2.73 bits per heavy atom. The van der Waals surface area contributed by atoms with Gasteiger partial charge in [-0.2, -0.15) is 0 Å². The minimum absolute atomic E-state index is 0.191. The maximum Gasteiger partial charge on any atom is 0.329 e. The number of carbonyl (C=O) groups is 3. The van der Waals surface area contributed by atoms with Gasteiger partial charge in [-0.15, -0.1) is 0 Å². The second-order valence-electron chi connectivity index (χ2n) is 4.63. The number of hydrogen-bond acceptors (Lipinski definition) is 5. The highest BCUT2D eigenvalue weighted by atomic mass is 79.9. The van der Waals surface area contributed by atoms with Gasteiger partial charge in [-0.3, -0.25) is 14.4 Å². The molecule has 0 saturated carbocycles. The van der Waals surface area contributed by atoms with E-state index in [2.05, 4.69) is 15.9 Å². The zero-order chi connectivity index (χ0) is 16.3. The molecule has 1 heterocycles. The normalized spacial score (nSPS) is 18.1. The number of rotatable bonds is 4. The fourth-order valence-electron chi connectivity index (χ4n) is 2.01. The number of cyclic esters (lactones) is 1. The summed E-state index contributed by atoms with van der Waals surface area (Å²) in [5, 5.41) is 0. The molecule has 0 saturated heterocycles. The van der Waals surface area contributed by atoms with Crippen LogP contribution in [-0.4, -0.2) is 24.6 Å². The third kappa shape index (κ3) is 3.51. The van der Waals surface area contributed by atoms with Gasteiger partial charge in [-0.25, -0.2) is 0 Å². The van der Waals surface area contributed by atoms with Gasteiger partial charge in [-0.1, -0.05) is 15.9 Å². The number of halogens is 1. The van der Waals surface area contributed by atoms with Crippen molar-refractivity contribution >= 4 is 39.5 Å². The average molecular weight is 365 g/mol. The number of allylic oxidation sites excluding steroid dienone is 3. The van der Waals surface area contributed by atoms with Crippen LogP contribution in [0.2, 0.25) is 0 Å². The first-order valence-corrected chi connectivity index (χ1v) is 7.21. The molecule has 1 aromatic carbocycles. The minimum atomic E-state index is -1.43. The average Bonchev–Trinajstić information content (AvgIpc) is 2.44. The highest BCUT2D eigenvalue weighted by Gasteiger charge is 2.36. The number of esters is 1. The zero-order valence-corrected chi connectivity index (χ0v) is 13.5. The Morgan fingerprint density at radius 2 is 2.09 bits per heavy atom. The molecule has 2 rings (SSSR count). The van der Waals surface area contributed by atoms with Gasteiger partial charge < -0.3 is 9.47 Å². The van der Waals surface area contributed by atoms with Crippen LogP contribution in [0.3, 0.4) is 0 Å². The van der Waals surface area contributed by atoms with Gasteiger partial charge >= 0.3 is 5.97 Å². The van der Waals surface area contributed by atoms with Crippen LogP contribution >= 0.6 is 15.9 Å². The SMILES string of the molecule is COc1ccc(Br)cc1/C=C/C(=O)C1C(=O)C=C(C)OC1=O. The Labute approximate surface area is 135 Å². The van der Waals surface area contributed by atoms with E-state index >= 15 is 0 Å². The van der Waals surface area contributed by atoms with Crippen LogP contribution in [0.5, 0.6) is 5.75 Å². The topological polar surface area (TPSA) is 69.7 Å². The van der Waals surface area contributed by atoms with E-state index < -0.39 is 23.5 Å². The van der Waals surface area contributed by atoms with Gasteiger partial charge in [0.2, 0.25) is 0 Å². The fraction of sp³-hybridized carbons (Fsp3) is 0.188. The summed E-state index contributed by atoms with van der Waals surface area (Å²) in [6, 6.07) is 5.29. The molecule has 0 amide bonds. The molecule has 1 aliphatic rings. The molecule has 1 unspecified atom stereocenters. The lowest BCUT2D eigenvalue weighted by Crippen LogP contribution is -2.34. The lowest BCUT2D eigenvalue weighted by molar-refractivity contribution is -0.151. The van der Waals surface area contributed by atoms with Gasteiger partial charge in [0.1, 0.15) is 11.5 Å². The first-order chi connectivity index (χ1) is 10.4. The zero-order valence-electron chi connectivity index (χ0n) is 12.0. The predicted molar refractivity (Wildman–Crippen MR) is 83.1 cm³/mol. The third-order valence-electron chi connectivity index (χ3n) is 3.03. The van der Waals surface area contributed by atoms with Crippen molar-refractivity contribution in [1.29, 1.82) is 0 Å². The summed E-state index contributed by atoms with van der Waals surface area (Å²) in [7, 11) is 1.51. The highest BCUT2D eigenvalue weighted by Crippen LogP contribution is 2.24. The number of ether oxygens (including phenoxy) is 2. The van der Waals surface area contributed by atoms with Gasteiger partial charge in [0.15, 0.2) is 17.5 Å². The van der Waals surface area contributed by atoms with Crippen molar-refractivity contribution < 1.29 is 23.9 Å². The Morgan fingerprint density at radius 1 is 1.36 bits per heavy atom. The summed E-state index contributed by atoms with van der Waals surface area (Å²) < 4.78 is 10.8. The lowest BCUT2D eigenvalue weighted by atomic mass is 9.96. The monoisotopic (exact) mass is 364 g/mol. The molecule has 1 aliphatic heterocycles. The van der Waals surface area contributed by atoms with Crippen molar-refractivity contribution in [2.75, 3.05) is 7.11 Å². The minimum Gasteiger partial charge on any atom is -0.496 e. The number of hydrogen-bond donors (Lipinski definition) is 0. The van der Waals surface area contributed by atoms with Crippen molar-refractivity contribution in [3.8, 4) is 5.75 Å². The second-order valence-corrected chi connectivity index (χ2v) is 5.55. The summed E-state index contributed by atoms with van der Waals surface area (Å²) in [5.41, 5.74) is 0.647. The maximum absolute atomic E-state index is 12.1.